The van der Waals surface area contributed by atoms with E-state index in [0.29, 0.717) is 22.1 Å². The molecular formula is C10H26N2O4S+2. The second kappa shape index (κ2) is 6.10. The molecule has 17 heavy (non-hydrogen) atoms. The summed E-state index contributed by atoms with van der Waals surface area (Å²) in [5.41, 5.74) is 0. The molecule has 0 unspecified atom stereocenters. The molecule has 0 N–H and O–H groups in total. The van der Waals surface area contributed by atoms with Crippen LogP contribution in [0.2, 0.25) is 0 Å². The number of hydrogen-bond donors (Lipinski definition) is 0. The second-order valence-corrected chi connectivity index (χ2v) is 7.37. The van der Waals surface area contributed by atoms with Gasteiger partial charge in [-0.15, -0.1) is 0 Å². The van der Waals surface area contributed by atoms with Gasteiger partial charge in [0.2, 0.25) is 0 Å². The Hall–Kier alpha value is -0.210. The van der Waals surface area contributed by atoms with Gasteiger partial charge < -0.3 is 8.97 Å². The highest BCUT2D eigenvalue weighted by molar-refractivity contribution is 7.81. The molecule has 0 saturated heterocycles. The Labute approximate surface area is 105 Å². The molecule has 0 bridgehead atoms. The van der Waals surface area contributed by atoms with Crippen molar-refractivity contribution in [2.24, 2.45) is 0 Å². The Bertz CT molecular complexity index is 288. The summed E-state index contributed by atoms with van der Waals surface area (Å²) < 4.78 is 33.5. The zero-order valence-corrected chi connectivity index (χ0v) is 12.6. The van der Waals surface area contributed by atoms with Crippen molar-refractivity contribution in [1.29, 1.82) is 0 Å². The van der Waals surface area contributed by atoms with Gasteiger partial charge in [0.15, 0.2) is 0 Å². The summed E-state index contributed by atoms with van der Waals surface area (Å²) in [6, 6.07) is 0. The van der Waals surface area contributed by atoms with Gasteiger partial charge in [-0.2, -0.15) is 8.42 Å². The molecule has 0 saturated carbocycles. The van der Waals surface area contributed by atoms with Crippen LogP contribution in [0.25, 0.3) is 0 Å². The highest BCUT2D eigenvalue weighted by atomic mass is 32.3. The third-order valence-electron chi connectivity index (χ3n) is 1.98. The predicted molar refractivity (Wildman–Crippen MR) is 66.6 cm³/mol. The highest BCUT2D eigenvalue weighted by Crippen LogP contribution is 1.99. The first-order chi connectivity index (χ1) is 7.41. The average Bonchev–Trinajstić information content (AvgIpc) is 1.96. The summed E-state index contributed by atoms with van der Waals surface area (Å²) in [5.74, 6) is 0. The van der Waals surface area contributed by atoms with Crippen molar-refractivity contribution in [1.82, 2.24) is 0 Å². The highest BCUT2D eigenvalue weighted by Gasteiger charge is 2.17. The Balaban J connectivity index is 3.90. The number of quaternary nitrogens is 2. The van der Waals surface area contributed by atoms with E-state index in [2.05, 4.69) is 0 Å². The topological polar surface area (TPSA) is 52.6 Å². The predicted octanol–water partition coefficient (Wildman–Crippen LogP) is -0.323. The number of rotatable bonds is 8. The fourth-order valence-corrected chi connectivity index (χ4v) is 1.49. The molecule has 0 rings (SSSR count). The summed E-state index contributed by atoms with van der Waals surface area (Å²) >= 11 is 0. The summed E-state index contributed by atoms with van der Waals surface area (Å²) in [4.78, 5) is 0. The lowest BCUT2D eigenvalue weighted by molar-refractivity contribution is -0.870. The molecule has 6 nitrogen and oxygen atoms in total. The van der Waals surface area contributed by atoms with E-state index in [4.69, 9.17) is 8.37 Å². The van der Waals surface area contributed by atoms with Crippen LogP contribution in [0.1, 0.15) is 0 Å². The molecule has 0 aliphatic rings. The molecule has 0 aliphatic carbocycles. The van der Waals surface area contributed by atoms with Crippen molar-refractivity contribution in [3.05, 3.63) is 0 Å². The Morgan fingerprint density at radius 2 is 1.06 bits per heavy atom. The van der Waals surface area contributed by atoms with E-state index in [1.807, 2.05) is 42.3 Å². The normalized spacial score (nSPS) is 14.0. The van der Waals surface area contributed by atoms with E-state index in [1.54, 1.807) is 0 Å². The van der Waals surface area contributed by atoms with Crippen LogP contribution in [0.5, 0.6) is 0 Å². The minimum atomic E-state index is -3.85. The molecule has 0 radical (unpaired) electrons. The van der Waals surface area contributed by atoms with Gasteiger partial charge in [0.05, 0.1) is 42.3 Å². The Morgan fingerprint density at radius 1 is 0.765 bits per heavy atom. The van der Waals surface area contributed by atoms with Crippen LogP contribution in [0, 0.1) is 0 Å². The van der Waals surface area contributed by atoms with E-state index in [-0.39, 0.29) is 13.2 Å². The van der Waals surface area contributed by atoms with Gasteiger partial charge in [-0.05, 0) is 0 Å². The van der Waals surface area contributed by atoms with Crippen LogP contribution in [0.4, 0.5) is 0 Å². The summed E-state index contributed by atoms with van der Waals surface area (Å²) in [5, 5.41) is 0. The van der Waals surface area contributed by atoms with Gasteiger partial charge in [-0.3, -0.25) is 0 Å². The smallest absolute Gasteiger partial charge is 0.329 e. The molecule has 0 aromatic heterocycles. The molecule has 0 heterocycles. The molecule has 0 aromatic carbocycles. The van der Waals surface area contributed by atoms with E-state index >= 15 is 0 Å². The lowest BCUT2D eigenvalue weighted by Gasteiger charge is -2.24. The lowest BCUT2D eigenvalue weighted by atomic mass is 10.5. The van der Waals surface area contributed by atoms with Crippen LogP contribution in [0.15, 0.2) is 0 Å². The molecule has 0 aromatic rings. The maximum atomic E-state index is 11.3. The van der Waals surface area contributed by atoms with Crippen LogP contribution < -0.4 is 0 Å². The quantitative estimate of drug-likeness (QED) is 0.567. The SMILES string of the molecule is C[N+](C)(C)CCOS(=O)(=O)OCC[N+](C)(C)C. The summed E-state index contributed by atoms with van der Waals surface area (Å²) in [6.45, 7) is 1.49. The third kappa shape index (κ3) is 12.0. The van der Waals surface area contributed by atoms with Crippen LogP contribution >= 0.6 is 0 Å². The molecule has 0 aliphatic heterocycles. The van der Waals surface area contributed by atoms with Gasteiger partial charge in [-0.1, -0.05) is 0 Å². The molecule has 7 heteroatoms. The van der Waals surface area contributed by atoms with E-state index in [1.165, 1.54) is 0 Å². The number of hydrogen-bond acceptors (Lipinski definition) is 4. The monoisotopic (exact) mass is 270 g/mol. The van der Waals surface area contributed by atoms with Crippen molar-refractivity contribution >= 4 is 10.4 Å². The first-order valence-corrected chi connectivity index (χ1v) is 6.89. The molecular weight excluding hydrogens is 244 g/mol. The van der Waals surface area contributed by atoms with Gasteiger partial charge in [0.1, 0.15) is 26.3 Å². The molecule has 0 atom stereocenters. The molecule has 0 fully saturated rings. The van der Waals surface area contributed by atoms with Crippen molar-refractivity contribution in [3.63, 3.8) is 0 Å². The standard InChI is InChI=1S/C10H26N2O4S/c1-11(2,3)7-9-15-17(13,14)16-10-8-12(4,5)6/h7-10H2,1-6H3/q+2. The zero-order valence-electron chi connectivity index (χ0n) is 11.8. The van der Waals surface area contributed by atoms with Crippen molar-refractivity contribution in [3.8, 4) is 0 Å². The van der Waals surface area contributed by atoms with Crippen LogP contribution in [0.3, 0.4) is 0 Å². The van der Waals surface area contributed by atoms with Gasteiger partial charge in [-0.25, -0.2) is 8.37 Å². The number of nitrogens with zero attached hydrogens (tertiary/aromatic N) is 2. The largest absolute Gasteiger partial charge is 0.400 e. The van der Waals surface area contributed by atoms with Crippen molar-refractivity contribution < 1.29 is 25.8 Å². The van der Waals surface area contributed by atoms with Crippen LogP contribution in [-0.2, 0) is 18.8 Å². The number of likely N-dealkylation sites (N-methyl/N-ethyl adjacent to an activating group) is 2. The molecule has 0 spiro atoms. The maximum absolute atomic E-state index is 11.3. The zero-order chi connectivity index (χ0) is 13.7. The van der Waals surface area contributed by atoms with E-state index in [9.17, 15) is 8.42 Å². The summed E-state index contributed by atoms with van der Waals surface area (Å²) in [7, 11) is 7.95. The third-order valence-corrected chi connectivity index (χ3v) is 2.89. The fraction of sp³-hybridized carbons (Fsp3) is 1.00. The Morgan fingerprint density at radius 3 is 1.29 bits per heavy atom. The minimum Gasteiger partial charge on any atom is -0.329 e. The van der Waals surface area contributed by atoms with E-state index < -0.39 is 10.4 Å². The first-order valence-electron chi connectivity index (χ1n) is 5.56. The van der Waals surface area contributed by atoms with Gasteiger partial charge in [0, 0.05) is 0 Å². The van der Waals surface area contributed by atoms with Gasteiger partial charge in [0.25, 0.3) is 0 Å². The minimum absolute atomic E-state index is 0.135. The van der Waals surface area contributed by atoms with Crippen molar-refractivity contribution in [2.75, 3.05) is 68.6 Å². The molecule has 0 amide bonds. The lowest BCUT2D eigenvalue weighted by Crippen LogP contribution is -2.39. The second-order valence-electron chi connectivity index (χ2n) is 6.08. The fourth-order valence-electron chi connectivity index (χ4n) is 0.860. The Kier molecular flexibility index (Phi) is 6.03. The summed E-state index contributed by atoms with van der Waals surface area (Å²) in [6.07, 6.45) is 0. The molecule has 104 valence electrons. The maximum Gasteiger partial charge on any atom is 0.400 e. The average molecular weight is 270 g/mol. The van der Waals surface area contributed by atoms with Gasteiger partial charge >= 0.3 is 10.4 Å². The first kappa shape index (κ1) is 16.8. The van der Waals surface area contributed by atoms with Crippen molar-refractivity contribution in [2.45, 2.75) is 0 Å². The van der Waals surface area contributed by atoms with E-state index in [0.717, 1.165) is 0 Å². The van der Waals surface area contributed by atoms with Crippen LogP contribution in [-0.4, -0.2) is 86.0 Å².